The summed E-state index contributed by atoms with van der Waals surface area (Å²) >= 11 is 0. The molecule has 5 heteroatoms. The Hall–Kier alpha value is -2.53. The van der Waals surface area contributed by atoms with Crippen molar-refractivity contribution in [3.63, 3.8) is 0 Å². The highest BCUT2D eigenvalue weighted by molar-refractivity contribution is 5.94. The second-order valence-electron chi connectivity index (χ2n) is 7.16. The van der Waals surface area contributed by atoms with Gasteiger partial charge in [-0.05, 0) is 44.5 Å². The van der Waals surface area contributed by atoms with Crippen LogP contribution in [0.25, 0.3) is 0 Å². The molecular formula is C21H28N3O2+. The number of aromatic hydroxyl groups is 1. The highest BCUT2D eigenvalue weighted by Gasteiger charge is 2.30. The molecule has 1 aliphatic rings. The highest BCUT2D eigenvalue weighted by atomic mass is 16.3. The van der Waals surface area contributed by atoms with Gasteiger partial charge in [-0.1, -0.05) is 29.8 Å². The van der Waals surface area contributed by atoms with E-state index in [1.165, 1.54) is 10.5 Å². The van der Waals surface area contributed by atoms with Gasteiger partial charge in [0.2, 0.25) is 0 Å². The van der Waals surface area contributed by atoms with E-state index in [1.54, 1.807) is 6.07 Å². The van der Waals surface area contributed by atoms with E-state index in [4.69, 9.17) is 0 Å². The lowest BCUT2D eigenvalue weighted by atomic mass is 10.1. The molecule has 0 bridgehead atoms. The number of para-hydroxylation sites is 2. The van der Waals surface area contributed by atoms with E-state index in [9.17, 15) is 9.90 Å². The molecule has 0 aromatic heterocycles. The van der Waals surface area contributed by atoms with Gasteiger partial charge in [0.1, 0.15) is 5.75 Å². The highest BCUT2D eigenvalue weighted by Crippen LogP contribution is 2.26. The number of phenolic OH excluding ortho intramolecular Hbond substituents is 1. The third kappa shape index (κ3) is 3.99. The van der Waals surface area contributed by atoms with Crippen molar-refractivity contribution in [1.29, 1.82) is 0 Å². The van der Waals surface area contributed by atoms with Crippen LogP contribution in [0.4, 0.5) is 11.4 Å². The molecule has 2 aromatic carbocycles. The zero-order valence-corrected chi connectivity index (χ0v) is 15.7. The van der Waals surface area contributed by atoms with Crippen LogP contribution in [0.1, 0.15) is 18.1 Å². The molecule has 26 heavy (non-hydrogen) atoms. The Bertz CT molecular complexity index is 783. The average molecular weight is 354 g/mol. The van der Waals surface area contributed by atoms with Crippen LogP contribution in [0.5, 0.6) is 5.75 Å². The van der Waals surface area contributed by atoms with Crippen molar-refractivity contribution >= 4 is 17.3 Å². The predicted molar refractivity (Wildman–Crippen MR) is 105 cm³/mol. The molecule has 1 fully saturated rings. The number of aryl methyl sites for hydroxylation is 2. The van der Waals surface area contributed by atoms with Crippen molar-refractivity contribution in [2.75, 3.05) is 36.4 Å². The van der Waals surface area contributed by atoms with E-state index >= 15 is 0 Å². The average Bonchev–Trinajstić information content (AvgIpc) is 2.64. The van der Waals surface area contributed by atoms with E-state index in [0.29, 0.717) is 5.75 Å². The van der Waals surface area contributed by atoms with Gasteiger partial charge >= 0.3 is 0 Å². The van der Waals surface area contributed by atoms with Crippen molar-refractivity contribution in [2.45, 2.75) is 26.8 Å². The normalized spacial score (nSPS) is 16.3. The smallest absolute Gasteiger partial charge is 0.282 e. The zero-order valence-electron chi connectivity index (χ0n) is 15.7. The molecular weight excluding hydrogens is 326 g/mol. The van der Waals surface area contributed by atoms with Crippen molar-refractivity contribution in [3.8, 4) is 5.75 Å². The lowest BCUT2D eigenvalue weighted by molar-refractivity contribution is -0.914. The summed E-state index contributed by atoms with van der Waals surface area (Å²) in [6.45, 7) is 9.46. The minimum Gasteiger partial charge on any atom is -0.506 e. The molecule has 0 radical (unpaired) electrons. The lowest BCUT2D eigenvalue weighted by Crippen LogP contribution is -3.19. The van der Waals surface area contributed by atoms with E-state index < -0.39 is 0 Å². The van der Waals surface area contributed by atoms with Gasteiger partial charge in [-0.25, -0.2) is 0 Å². The first-order valence-corrected chi connectivity index (χ1v) is 9.21. The first-order chi connectivity index (χ1) is 12.5. The summed E-state index contributed by atoms with van der Waals surface area (Å²) in [7, 11) is 0. The van der Waals surface area contributed by atoms with E-state index in [0.717, 1.165) is 43.1 Å². The fourth-order valence-corrected chi connectivity index (χ4v) is 3.58. The number of hydrogen-bond donors (Lipinski definition) is 3. The number of carbonyl (C=O) groups excluding carboxylic acids is 1. The number of quaternary nitrogens is 1. The summed E-state index contributed by atoms with van der Waals surface area (Å²) in [5.74, 6) is 0.375. The molecule has 5 nitrogen and oxygen atoms in total. The summed E-state index contributed by atoms with van der Waals surface area (Å²) in [4.78, 5) is 16.1. The Balaban J connectivity index is 1.58. The second-order valence-corrected chi connectivity index (χ2v) is 7.16. The maximum absolute atomic E-state index is 12.7. The van der Waals surface area contributed by atoms with Gasteiger partial charge in [-0.2, -0.15) is 0 Å². The Labute approximate surface area is 155 Å². The number of nitrogens with one attached hydrogen (secondary N) is 2. The molecule has 1 heterocycles. The number of hydrogen-bond acceptors (Lipinski definition) is 3. The molecule has 0 aliphatic carbocycles. The van der Waals surface area contributed by atoms with E-state index in [1.807, 2.05) is 44.2 Å². The Morgan fingerprint density at radius 2 is 1.85 bits per heavy atom. The Morgan fingerprint density at radius 1 is 1.15 bits per heavy atom. The topological polar surface area (TPSA) is 57.0 Å². The molecule has 1 aliphatic heterocycles. The standard InChI is InChI=1S/C21H27N3O2/c1-15-8-9-18(16(2)14-15)22-21(26)17(3)23-10-12-24(13-11-23)19-6-4-5-7-20(19)25/h4-9,14,17,25H,10-13H2,1-3H3,(H,22,26)/p+1/t17-/m0/s1. The fraction of sp³-hybridized carbons (Fsp3) is 0.381. The van der Waals surface area contributed by atoms with Crippen LogP contribution in [0.3, 0.4) is 0 Å². The van der Waals surface area contributed by atoms with Gasteiger partial charge < -0.3 is 20.2 Å². The molecule has 3 N–H and O–H groups in total. The number of rotatable bonds is 4. The molecule has 0 spiro atoms. The number of anilines is 2. The summed E-state index contributed by atoms with van der Waals surface area (Å²) in [6, 6.07) is 13.4. The largest absolute Gasteiger partial charge is 0.506 e. The fourth-order valence-electron chi connectivity index (χ4n) is 3.58. The SMILES string of the molecule is Cc1ccc(NC(=O)[C@H](C)[NH+]2CCN(c3ccccc3O)CC2)c(C)c1. The molecule has 2 aromatic rings. The second kappa shape index (κ2) is 7.79. The third-order valence-corrected chi connectivity index (χ3v) is 5.27. The Morgan fingerprint density at radius 3 is 2.50 bits per heavy atom. The van der Waals surface area contributed by atoms with Crippen LogP contribution in [-0.4, -0.2) is 43.2 Å². The van der Waals surface area contributed by atoms with Crippen molar-refractivity contribution in [1.82, 2.24) is 0 Å². The first-order valence-electron chi connectivity index (χ1n) is 9.21. The molecule has 1 atom stereocenters. The first kappa shape index (κ1) is 18.3. The molecule has 3 rings (SSSR count). The van der Waals surface area contributed by atoms with Gasteiger partial charge in [0.25, 0.3) is 5.91 Å². The van der Waals surface area contributed by atoms with Crippen molar-refractivity contribution in [3.05, 3.63) is 53.6 Å². The molecule has 0 saturated carbocycles. The van der Waals surface area contributed by atoms with Crippen molar-refractivity contribution in [2.24, 2.45) is 0 Å². The van der Waals surface area contributed by atoms with E-state index in [-0.39, 0.29) is 11.9 Å². The summed E-state index contributed by atoms with van der Waals surface area (Å²) < 4.78 is 0. The molecule has 0 unspecified atom stereocenters. The van der Waals surface area contributed by atoms with Crippen LogP contribution in [0.2, 0.25) is 0 Å². The van der Waals surface area contributed by atoms with Gasteiger partial charge in [-0.15, -0.1) is 0 Å². The number of nitrogens with zero attached hydrogens (tertiary/aromatic N) is 1. The molecule has 1 amide bonds. The summed E-state index contributed by atoms with van der Waals surface area (Å²) in [5.41, 5.74) is 4.04. The van der Waals surface area contributed by atoms with Gasteiger partial charge in [0.05, 0.1) is 31.9 Å². The number of carbonyl (C=O) groups is 1. The Kier molecular flexibility index (Phi) is 5.47. The maximum atomic E-state index is 12.7. The summed E-state index contributed by atoms with van der Waals surface area (Å²) in [5, 5.41) is 13.1. The minimum absolute atomic E-state index is 0.0583. The van der Waals surface area contributed by atoms with Crippen LogP contribution >= 0.6 is 0 Å². The van der Waals surface area contributed by atoms with Crippen LogP contribution in [-0.2, 0) is 4.79 Å². The van der Waals surface area contributed by atoms with Gasteiger partial charge in [0.15, 0.2) is 6.04 Å². The van der Waals surface area contributed by atoms with Crippen LogP contribution < -0.4 is 15.1 Å². The number of phenols is 1. The number of amides is 1. The monoisotopic (exact) mass is 354 g/mol. The van der Waals surface area contributed by atoms with Crippen molar-refractivity contribution < 1.29 is 14.8 Å². The predicted octanol–water partition coefficient (Wildman–Crippen LogP) is 1.74. The third-order valence-electron chi connectivity index (χ3n) is 5.27. The molecule has 138 valence electrons. The quantitative estimate of drug-likeness (QED) is 0.784. The zero-order chi connectivity index (χ0) is 18.7. The lowest BCUT2D eigenvalue weighted by Gasteiger charge is -2.36. The van der Waals surface area contributed by atoms with Crippen LogP contribution in [0.15, 0.2) is 42.5 Å². The number of piperazine rings is 1. The van der Waals surface area contributed by atoms with E-state index in [2.05, 4.69) is 23.2 Å². The van der Waals surface area contributed by atoms with Gasteiger partial charge in [-0.3, -0.25) is 4.79 Å². The summed E-state index contributed by atoms with van der Waals surface area (Å²) in [6.07, 6.45) is 0. The van der Waals surface area contributed by atoms with Crippen LogP contribution in [0, 0.1) is 13.8 Å². The van der Waals surface area contributed by atoms with Gasteiger partial charge in [0, 0.05) is 5.69 Å². The maximum Gasteiger partial charge on any atom is 0.282 e. The molecule has 1 saturated heterocycles. The minimum atomic E-state index is -0.109. The number of benzene rings is 2.